The Morgan fingerprint density at radius 2 is 1.81 bits per heavy atom. The average Bonchev–Trinajstić information content (AvgIpc) is 2.53. The Morgan fingerprint density at radius 3 is 2.29 bits per heavy atom. The lowest BCUT2D eigenvalue weighted by atomic mass is 10.1. The minimum absolute atomic E-state index is 0.0879. The molecule has 0 saturated carbocycles. The molecule has 0 amide bonds. The second-order valence-corrected chi connectivity index (χ2v) is 5.73. The lowest BCUT2D eigenvalue weighted by Crippen LogP contribution is -2.54. The monoisotopic (exact) mass is 299 g/mol. The average molecular weight is 299 g/mol. The van der Waals surface area contributed by atoms with E-state index < -0.39 is 0 Å². The Bertz CT molecular complexity index is 298. The fraction of sp³-hybridized carbons (Fsp3) is 0.933. The highest BCUT2D eigenvalue weighted by molar-refractivity contribution is 5.85. The van der Waals surface area contributed by atoms with Crippen molar-refractivity contribution < 1.29 is 5.21 Å². The van der Waals surface area contributed by atoms with Crippen molar-refractivity contribution in [3.8, 4) is 0 Å². The van der Waals surface area contributed by atoms with Gasteiger partial charge in [-0.15, -0.1) is 0 Å². The van der Waals surface area contributed by atoms with Gasteiger partial charge in [-0.1, -0.05) is 32.3 Å². The Hall–Kier alpha value is -0.850. The predicted octanol–water partition coefficient (Wildman–Crippen LogP) is 0.861. The first kappa shape index (κ1) is 18.2. The molecule has 0 aliphatic carbocycles. The molecule has 0 bridgehead atoms. The van der Waals surface area contributed by atoms with Gasteiger partial charge in [0.2, 0.25) is 0 Å². The van der Waals surface area contributed by atoms with Crippen molar-refractivity contribution in [2.75, 3.05) is 52.4 Å². The minimum Gasteiger partial charge on any atom is -0.409 e. The van der Waals surface area contributed by atoms with Crippen LogP contribution in [0.3, 0.4) is 0 Å². The van der Waals surface area contributed by atoms with Crippen LogP contribution in [0.1, 0.15) is 33.6 Å². The molecule has 1 aliphatic heterocycles. The van der Waals surface area contributed by atoms with Crippen LogP contribution in [0.4, 0.5) is 0 Å². The molecule has 1 unspecified atom stereocenters. The fourth-order valence-corrected chi connectivity index (χ4v) is 2.98. The number of nitrogens with zero attached hydrogens (tertiary/aromatic N) is 4. The molecule has 1 atom stereocenters. The van der Waals surface area contributed by atoms with Crippen LogP contribution in [-0.4, -0.2) is 84.1 Å². The van der Waals surface area contributed by atoms with E-state index in [2.05, 4.69) is 40.6 Å². The van der Waals surface area contributed by atoms with Crippen molar-refractivity contribution in [3.63, 3.8) is 0 Å². The van der Waals surface area contributed by atoms with Crippen LogP contribution in [0.15, 0.2) is 5.16 Å². The highest BCUT2D eigenvalue weighted by Crippen LogP contribution is 2.11. The van der Waals surface area contributed by atoms with E-state index in [4.69, 9.17) is 10.9 Å². The molecule has 3 N–H and O–H groups in total. The summed E-state index contributed by atoms with van der Waals surface area (Å²) in [5, 5.41) is 12.2. The van der Waals surface area contributed by atoms with Gasteiger partial charge in [0.15, 0.2) is 5.84 Å². The third-order valence-electron chi connectivity index (χ3n) is 4.49. The summed E-state index contributed by atoms with van der Waals surface area (Å²) in [7, 11) is 0. The molecule has 0 spiro atoms. The molecule has 6 nitrogen and oxygen atoms in total. The second-order valence-electron chi connectivity index (χ2n) is 5.73. The second kappa shape index (κ2) is 9.97. The standard InChI is InChI=1S/C15H33N5O/c1-4-7-14(15(16)17-21)20-12-10-19(11-13-20)9-8-18(5-2)6-3/h14,21H,4-13H2,1-3H3,(H2,16,17). The number of nitrogens with two attached hydrogens (primary N) is 1. The van der Waals surface area contributed by atoms with E-state index in [9.17, 15) is 0 Å². The van der Waals surface area contributed by atoms with Gasteiger partial charge in [-0.05, 0) is 19.5 Å². The third kappa shape index (κ3) is 5.80. The summed E-state index contributed by atoms with van der Waals surface area (Å²) in [5.41, 5.74) is 5.84. The third-order valence-corrected chi connectivity index (χ3v) is 4.49. The first-order valence-electron chi connectivity index (χ1n) is 8.32. The molecule has 21 heavy (non-hydrogen) atoms. The minimum atomic E-state index is 0.0879. The topological polar surface area (TPSA) is 68.3 Å². The number of hydrogen-bond acceptors (Lipinski definition) is 5. The summed E-state index contributed by atoms with van der Waals surface area (Å²) >= 11 is 0. The molecular weight excluding hydrogens is 266 g/mol. The molecule has 0 radical (unpaired) electrons. The SMILES string of the molecule is CCCC(C(N)=NO)N1CCN(CCN(CC)CC)CC1. The maximum Gasteiger partial charge on any atom is 0.156 e. The van der Waals surface area contributed by atoms with Gasteiger partial charge >= 0.3 is 0 Å². The maximum absolute atomic E-state index is 8.93. The molecule has 0 aromatic heterocycles. The highest BCUT2D eigenvalue weighted by atomic mass is 16.4. The number of piperazine rings is 1. The van der Waals surface area contributed by atoms with E-state index in [0.717, 1.165) is 65.2 Å². The molecule has 0 aromatic carbocycles. The quantitative estimate of drug-likeness (QED) is 0.286. The van der Waals surface area contributed by atoms with Crippen LogP contribution >= 0.6 is 0 Å². The summed E-state index contributed by atoms with van der Waals surface area (Å²) in [4.78, 5) is 7.33. The fourth-order valence-electron chi connectivity index (χ4n) is 2.98. The van der Waals surface area contributed by atoms with Gasteiger partial charge in [0.05, 0.1) is 6.04 Å². The number of oxime groups is 1. The Labute approximate surface area is 129 Å². The lowest BCUT2D eigenvalue weighted by molar-refractivity contribution is 0.103. The van der Waals surface area contributed by atoms with Crippen molar-refractivity contribution in [1.29, 1.82) is 0 Å². The number of likely N-dealkylation sites (N-methyl/N-ethyl adjacent to an activating group) is 1. The van der Waals surface area contributed by atoms with E-state index in [0.29, 0.717) is 5.84 Å². The predicted molar refractivity (Wildman–Crippen MR) is 87.9 cm³/mol. The van der Waals surface area contributed by atoms with Crippen LogP contribution in [0.2, 0.25) is 0 Å². The van der Waals surface area contributed by atoms with Gasteiger partial charge in [0, 0.05) is 39.3 Å². The maximum atomic E-state index is 8.93. The lowest BCUT2D eigenvalue weighted by Gasteiger charge is -2.39. The molecule has 1 fully saturated rings. The molecule has 124 valence electrons. The van der Waals surface area contributed by atoms with E-state index in [1.807, 2.05) is 0 Å². The summed E-state index contributed by atoms with van der Waals surface area (Å²) in [5.74, 6) is 0.355. The Kier molecular flexibility index (Phi) is 8.64. The van der Waals surface area contributed by atoms with Crippen molar-refractivity contribution >= 4 is 5.84 Å². The number of amidine groups is 1. The molecule has 6 heteroatoms. The number of rotatable bonds is 9. The van der Waals surface area contributed by atoms with Gasteiger partial charge in [-0.2, -0.15) is 0 Å². The van der Waals surface area contributed by atoms with Crippen LogP contribution in [0.25, 0.3) is 0 Å². The van der Waals surface area contributed by atoms with Crippen molar-refractivity contribution in [2.24, 2.45) is 10.9 Å². The zero-order valence-corrected chi connectivity index (χ0v) is 14.0. The summed E-state index contributed by atoms with van der Waals surface area (Å²) in [6.07, 6.45) is 2.00. The largest absolute Gasteiger partial charge is 0.409 e. The first-order chi connectivity index (χ1) is 10.2. The normalized spacial score (nSPS) is 20.1. The number of hydrogen-bond donors (Lipinski definition) is 2. The van der Waals surface area contributed by atoms with Gasteiger partial charge in [0.25, 0.3) is 0 Å². The molecule has 1 heterocycles. The van der Waals surface area contributed by atoms with Crippen molar-refractivity contribution in [1.82, 2.24) is 14.7 Å². The van der Waals surface area contributed by atoms with Crippen LogP contribution in [0.5, 0.6) is 0 Å². The smallest absolute Gasteiger partial charge is 0.156 e. The summed E-state index contributed by atoms with van der Waals surface area (Å²) in [6, 6.07) is 0.0879. The van der Waals surface area contributed by atoms with Gasteiger partial charge in [-0.3, -0.25) is 9.80 Å². The zero-order chi connectivity index (χ0) is 15.7. The summed E-state index contributed by atoms with van der Waals surface area (Å²) < 4.78 is 0. The first-order valence-corrected chi connectivity index (χ1v) is 8.32. The highest BCUT2D eigenvalue weighted by Gasteiger charge is 2.26. The summed E-state index contributed by atoms with van der Waals surface area (Å²) in [6.45, 7) is 15.2. The van der Waals surface area contributed by atoms with Crippen molar-refractivity contribution in [3.05, 3.63) is 0 Å². The van der Waals surface area contributed by atoms with E-state index >= 15 is 0 Å². The van der Waals surface area contributed by atoms with Crippen LogP contribution in [0, 0.1) is 0 Å². The molecule has 1 rings (SSSR count). The molecule has 1 saturated heterocycles. The van der Waals surface area contributed by atoms with E-state index in [1.54, 1.807) is 0 Å². The van der Waals surface area contributed by atoms with E-state index in [1.165, 1.54) is 0 Å². The Morgan fingerprint density at radius 1 is 1.19 bits per heavy atom. The van der Waals surface area contributed by atoms with Crippen LogP contribution < -0.4 is 5.73 Å². The molecular formula is C15H33N5O. The van der Waals surface area contributed by atoms with Gasteiger partial charge < -0.3 is 15.8 Å². The molecule has 1 aliphatic rings. The van der Waals surface area contributed by atoms with Crippen molar-refractivity contribution in [2.45, 2.75) is 39.7 Å². The van der Waals surface area contributed by atoms with Crippen LogP contribution in [-0.2, 0) is 0 Å². The van der Waals surface area contributed by atoms with E-state index in [-0.39, 0.29) is 6.04 Å². The Balaban J connectivity index is 2.39. The van der Waals surface area contributed by atoms with Gasteiger partial charge in [-0.25, -0.2) is 0 Å². The van der Waals surface area contributed by atoms with Gasteiger partial charge in [0.1, 0.15) is 0 Å². The molecule has 0 aromatic rings. The zero-order valence-electron chi connectivity index (χ0n) is 14.0.